The zero-order chi connectivity index (χ0) is 15.3. The number of piperazine rings is 1. The van der Waals surface area contributed by atoms with Crippen molar-refractivity contribution in [2.24, 2.45) is 0 Å². The van der Waals surface area contributed by atoms with Crippen molar-refractivity contribution in [2.45, 2.75) is 58.2 Å². The van der Waals surface area contributed by atoms with E-state index in [2.05, 4.69) is 31.0 Å². The molecule has 2 unspecified atom stereocenters. The van der Waals surface area contributed by atoms with Crippen molar-refractivity contribution < 1.29 is 0 Å². The zero-order valence-electron chi connectivity index (χ0n) is 13.6. The molecule has 0 bridgehead atoms. The molecule has 1 aliphatic heterocycles. The van der Waals surface area contributed by atoms with E-state index < -0.39 is 0 Å². The Morgan fingerprint density at radius 2 is 2.14 bits per heavy atom. The second-order valence-corrected chi connectivity index (χ2v) is 6.40. The highest BCUT2D eigenvalue weighted by Gasteiger charge is 2.35. The number of rotatable bonds is 6. The van der Waals surface area contributed by atoms with E-state index in [-0.39, 0.29) is 11.1 Å². The maximum atomic E-state index is 11.8. The fourth-order valence-electron chi connectivity index (χ4n) is 3.15. The molecule has 1 aromatic heterocycles. The lowest BCUT2D eigenvalue weighted by molar-refractivity contribution is 0.0436. The van der Waals surface area contributed by atoms with Gasteiger partial charge in [0.1, 0.15) is 0 Å². The lowest BCUT2D eigenvalue weighted by atomic mass is 9.91. The average molecular weight is 291 g/mol. The number of pyridine rings is 1. The summed E-state index contributed by atoms with van der Waals surface area (Å²) < 4.78 is 1.81. The standard InChI is InChI=1S/C17H29N3O/c1-4-8-15-13-20(17(3,5-2)14-18-15)12-11-19-10-7-6-9-16(19)21/h6-7,9-10,15,18H,4-5,8,11-14H2,1-3H3. The Morgan fingerprint density at radius 1 is 1.33 bits per heavy atom. The van der Waals surface area contributed by atoms with Gasteiger partial charge in [-0.25, -0.2) is 0 Å². The van der Waals surface area contributed by atoms with Crippen LogP contribution in [0.4, 0.5) is 0 Å². The molecule has 2 atom stereocenters. The van der Waals surface area contributed by atoms with Gasteiger partial charge in [0, 0.05) is 50.0 Å². The highest BCUT2D eigenvalue weighted by Crippen LogP contribution is 2.23. The second kappa shape index (κ2) is 7.23. The van der Waals surface area contributed by atoms with Crippen LogP contribution in [0.5, 0.6) is 0 Å². The summed E-state index contributed by atoms with van der Waals surface area (Å²) in [5.74, 6) is 0. The molecule has 4 heteroatoms. The molecule has 0 amide bonds. The van der Waals surface area contributed by atoms with Crippen LogP contribution in [0.3, 0.4) is 0 Å². The fraction of sp³-hybridized carbons (Fsp3) is 0.706. The Balaban J connectivity index is 2.03. The molecule has 1 fully saturated rings. The van der Waals surface area contributed by atoms with Crippen LogP contribution in [0.2, 0.25) is 0 Å². The van der Waals surface area contributed by atoms with Crippen LogP contribution in [-0.4, -0.2) is 40.7 Å². The van der Waals surface area contributed by atoms with Crippen molar-refractivity contribution in [3.05, 3.63) is 34.7 Å². The lowest BCUT2D eigenvalue weighted by Gasteiger charge is -2.48. The minimum absolute atomic E-state index is 0.0935. The van der Waals surface area contributed by atoms with Crippen LogP contribution in [0.25, 0.3) is 0 Å². The maximum absolute atomic E-state index is 11.8. The molecule has 1 aliphatic rings. The van der Waals surface area contributed by atoms with Crippen molar-refractivity contribution >= 4 is 0 Å². The van der Waals surface area contributed by atoms with Gasteiger partial charge in [0.15, 0.2) is 0 Å². The number of hydrogen-bond donors (Lipinski definition) is 1. The minimum atomic E-state index is 0.0935. The van der Waals surface area contributed by atoms with E-state index in [1.165, 1.54) is 12.8 Å². The number of nitrogens with zero attached hydrogens (tertiary/aromatic N) is 2. The molecule has 1 N–H and O–H groups in total. The normalized spacial score (nSPS) is 26.9. The monoisotopic (exact) mass is 291 g/mol. The summed E-state index contributed by atoms with van der Waals surface area (Å²) >= 11 is 0. The molecule has 2 rings (SSSR count). The molecule has 1 aromatic rings. The molecule has 0 radical (unpaired) electrons. The molecule has 2 heterocycles. The molecular formula is C17H29N3O. The third-order valence-electron chi connectivity index (χ3n) is 4.88. The molecule has 0 aromatic carbocycles. The third kappa shape index (κ3) is 3.95. The number of nitrogens with one attached hydrogen (secondary N) is 1. The van der Waals surface area contributed by atoms with Crippen molar-refractivity contribution in [1.29, 1.82) is 0 Å². The van der Waals surface area contributed by atoms with Crippen molar-refractivity contribution in [3.8, 4) is 0 Å². The summed E-state index contributed by atoms with van der Waals surface area (Å²) in [5.41, 5.74) is 0.291. The Bertz CT molecular complexity index is 499. The van der Waals surface area contributed by atoms with E-state index in [0.717, 1.165) is 32.6 Å². The first kappa shape index (κ1) is 16.2. The third-order valence-corrected chi connectivity index (χ3v) is 4.88. The Labute approximate surface area is 128 Å². The Kier molecular flexibility index (Phi) is 5.59. The predicted molar refractivity (Wildman–Crippen MR) is 87.7 cm³/mol. The highest BCUT2D eigenvalue weighted by molar-refractivity contribution is 4.96. The van der Waals surface area contributed by atoms with Crippen LogP contribution in [0.15, 0.2) is 29.2 Å². The first-order chi connectivity index (χ1) is 10.1. The first-order valence-electron chi connectivity index (χ1n) is 8.23. The Morgan fingerprint density at radius 3 is 2.81 bits per heavy atom. The topological polar surface area (TPSA) is 37.3 Å². The molecule has 1 saturated heterocycles. The van der Waals surface area contributed by atoms with Gasteiger partial charge in [0.05, 0.1) is 0 Å². The number of aromatic nitrogens is 1. The fourth-order valence-corrected chi connectivity index (χ4v) is 3.15. The van der Waals surface area contributed by atoms with E-state index in [4.69, 9.17) is 0 Å². The summed E-state index contributed by atoms with van der Waals surface area (Å²) in [6, 6.07) is 5.95. The van der Waals surface area contributed by atoms with Crippen LogP contribution < -0.4 is 10.9 Å². The molecule has 0 aliphatic carbocycles. The van der Waals surface area contributed by atoms with Gasteiger partial charge in [-0.2, -0.15) is 0 Å². The van der Waals surface area contributed by atoms with E-state index in [1.54, 1.807) is 12.1 Å². The van der Waals surface area contributed by atoms with Crippen molar-refractivity contribution in [1.82, 2.24) is 14.8 Å². The summed E-state index contributed by atoms with van der Waals surface area (Å²) in [4.78, 5) is 14.4. The van der Waals surface area contributed by atoms with Gasteiger partial charge in [0.25, 0.3) is 5.56 Å². The smallest absolute Gasteiger partial charge is 0.250 e. The van der Waals surface area contributed by atoms with Gasteiger partial charge in [-0.05, 0) is 25.8 Å². The van der Waals surface area contributed by atoms with Gasteiger partial charge in [-0.1, -0.05) is 26.3 Å². The minimum Gasteiger partial charge on any atom is -0.314 e. The Hall–Kier alpha value is -1.13. The van der Waals surface area contributed by atoms with E-state index >= 15 is 0 Å². The van der Waals surface area contributed by atoms with Gasteiger partial charge in [-0.3, -0.25) is 9.69 Å². The van der Waals surface area contributed by atoms with Crippen molar-refractivity contribution in [3.63, 3.8) is 0 Å². The largest absolute Gasteiger partial charge is 0.314 e. The zero-order valence-corrected chi connectivity index (χ0v) is 13.6. The van der Waals surface area contributed by atoms with Crippen molar-refractivity contribution in [2.75, 3.05) is 19.6 Å². The number of hydrogen-bond acceptors (Lipinski definition) is 3. The summed E-state index contributed by atoms with van der Waals surface area (Å²) in [5, 5.41) is 3.69. The average Bonchev–Trinajstić information content (AvgIpc) is 2.49. The van der Waals surface area contributed by atoms with E-state index in [0.29, 0.717) is 6.04 Å². The van der Waals surface area contributed by atoms with Gasteiger partial charge in [-0.15, -0.1) is 0 Å². The van der Waals surface area contributed by atoms with E-state index in [9.17, 15) is 4.79 Å². The quantitative estimate of drug-likeness (QED) is 0.872. The first-order valence-corrected chi connectivity index (χ1v) is 8.23. The van der Waals surface area contributed by atoms with E-state index in [1.807, 2.05) is 16.8 Å². The maximum Gasteiger partial charge on any atom is 0.250 e. The van der Waals surface area contributed by atoms with Gasteiger partial charge in [0.2, 0.25) is 0 Å². The van der Waals surface area contributed by atoms with Gasteiger partial charge < -0.3 is 9.88 Å². The second-order valence-electron chi connectivity index (χ2n) is 6.40. The lowest BCUT2D eigenvalue weighted by Crippen LogP contribution is -2.63. The molecule has 0 spiro atoms. The van der Waals surface area contributed by atoms with Crippen LogP contribution >= 0.6 is 0 Å². The SMILES string of the molecule is CCCC1CN(CCn2ccccc2=O)C(C)(CC)CN1. The van der Waals surface area contributed by atoms with Gasteiger partial charge >= 0.3 is 0 Å². The molecule has 0 saturated carbocycles. The van der Waals surface area contributed by atoms with Crippen LogP contribution in [-0.2, 0) is 6.54 Å². The van der Waals surface area contributed by atoms with Crippen LogP contribution in [0.1, 0.15) is 40.0 Å². The molecule has 21 heavy (non-hydrogen) atoms. The summed E-state index contributed by atoms with van der Waals surface area (Å²) in [7, 11) is 0. The highest BCUT2D eigenvalue weighted by atomic mass is 16.1. The molecule has 118 valence electrons. The molecule has 4 nitrogen and oxygen atoms in total. The summed E-state index contributed by atoms with van der Waals surface area (Å²) in [6.07, 6.45) is 5.45. The van der Waals surface area contributed by atoms with Crippen LogP contribution in [0, 0.1) is 0 Å². The predicted octanol–water partition coefficient (Wildman–Crippen LogP) is 2.09. The summed E-state index contributed by atoms with van der Waals surface area (Å²) in [6.45, 7) is 10.7. The molecular weight excluding hydrogens is 262 g/mol.